The number of aryl methyl sites for hydroxylation is 2. The molecule has 3 rings (SSSR count). The molecule has 0 aliphatic heterocycles. The standard InChI is InChI=1S/C24H25NO/c1-3-19-13-15-20(16-14-19)17-23(26)25-24(21-10-5-4-6-11-21)22-12-8-7-9-18(22)2/h4-16,24H,3,17H2,1-2H3,(H,25,26). The van der Waals surface area contributed by atoms with Crippen molar-refractivity contribution in [1.29, 1.82) is 0 Å². The maximum absolute atomic E-state index is 12.7. The fraction of sp³-hybridized carbons (Fsp3) is 0.208. The average molecular weight is 343 g/mol. The number of carbonyl (C=O) groups is 1. The highest BCUT2D eigenvalue weighted by Crippen LogP contribution is 2.25. The minimum absolute atomic E-state index is 0.0337. The molecule has 0 saturated carbocycles. The van der Waals surface area contributed by atoms with Crippen molar-refractivity contribution < 1.29 is 4.79 Å². The van der Waals surface area contributed by atoms with Crippen LogP contribution >= 0.6 is 0 Å². The minimum atomic E-state index is -0.139. The summed E-state index contributed by atoms with van der Waals surface area (Å²) in [6.07, 6.45) is 1.40. The molecule has 0 aliphatic carbocycles. The highest BCUT2D eigenvalue weighted by molar-refractivity contribution is 5.79. The maximum atomic E-state index is 12.7. The highest BCUT2D eigenvalue weighted by atomic mass is 16.1. The van der Waals surface area contributed by atoms with Crippen LogP contribution in [0.2, 0.25) is 0 Å². The minimum Gasteiger partial charge on any atom is -0.345 e. The van der Waals surface area contributed by atoms with Crippen molar-refractivity contribution in [2.45, 2.75) is 32.7 Å². The van der Waals surface area contributed by atoms with Crippen LogP contribution in [0.25, 0.3) is 0 Å². The molecule has 0 aromatic heterocycles. The first-order valence-electron chi connectivity index (χ1n) is 9.15. The van der Waals surface area contributed by atoms with Crippen LogP contribution in [0.3, 0.4) is 0 Å². The number of hydrogen-bond donors (Lipinski definition) is 1. The van der Waals surface area contributed by atoms with Gasteiger partial charge in [-0.1, -0.05) is 85.8 Å². The second-order valence-electron chi connectivity index (χ2n) is 6.61. The van der Waals surface area contributed by atoms with E-state index in [1.54, 1.807) is 0 Å². The van der Waals surface area contributed by atoms with Crippen LogP contribution in [-0.4, -0.2) is 5.91 Å². The monoisotopic (exact) mass is 343 g/mol. The topological polar surface area (TPSA) is 29.1 Å². The van der Waals surface area contributed by atoms with Gasteiger partial charge in [0.15, 0.2) is 0 Å². The Kier molecular flexibility index (Phi) is 5.85. The Hall–Kier alpha value is -2.87. The Balaban J connectivity index is 1.81. The summed E-state index contributed by atoms with van der Waals surface area (Å²) in [7, 11) is 0. The molecule has 0 saturated heterocycles. The van der Waals surface area contributed by atoms with Crippen molar-refractivity contribution in [3.05, 3.63) is 107 Å². The van der Waals surface area contributed by atoms with Crippen LogP contribution in [0.4, 0.5) is 0 Å². The molecule has 0 bridgehead atoms. The van der Waals surface area contributed by atoms with Gasteiger partial charge in [-0.25, -0.2) is 0 Å². The van der Waals surface area contributed by atoms with Gasteiger partial charge in [-0.3, -0.25) is 4.79 Å². The van der Waals surface area contributed by atoms with Crippen LogP contribution in [0.1, 0.15) is 40.8 Å². The quantitative estimate of drug-likeness (QED) is 0.670. The normalized spacial score (nSPS) is 11.8. The van der Waals surface area contributed by atoms with Crippen LogP contribution in [-0.2, 0) is 17.6 Å². The third-order valence-corrected chi connectivity index (χ3v) is 4.73. The van der Waals surface area contributed by atoms with E-state index in [-0.39, 0.29) is 11.9 Å². The van der Waals surface area contributed by atoms with E-state index >= 15 is 0 Å². The second-order valence-corrected chi connectivity index (χ2v) is 6.61. The van der Waals surface area contributed by atoms with Gasteiger partial charge in [-0.2, -0.15) is 0 Å². The van der Waals surface area contributed by atoms with Gasteiger partial charge in [0.2, 0.25) is 5.91 Å². The SMILES string of the molecule is CCc1ccc(CC(=O)NC(c2ccccc2)c2ccccc2C)cc1. The largest absolute Gasteiger partial charge is 0.345 e. The molecule has 3 aromatic rings. The number of carbonyl (C=O) groups excluding carboxylic acids is 1. The molecular weight excluding hydrogens is 318 g/mol. The second kappa shape index (κ2) is 8.48. The molecule has 0 spiro atoms. The Morgan fingerprint density at radius 1 is 0.846 bits per heavy atom. The first-order valence-corrected chi connectivity index (χ1v) is 9.15. The number of amides is 1. The van der Waals surface area contributed by atoms with E-state index in [4.69, 9.17) is 0 Å². The molecule has 2 heteroatoms. The summed E-state index contributed by atoms with van der Waals surface area (Å²) < 4.78 is 0. The molecule has 1 unspecified atom stereocenters. The van der Waals surface area contributed by atoms with E-state index in [1.807, 2.05) is 42.5 Å². The van der Waals surface area contributed by atoms with E-state index in [1.165, 1.54) is 11.1 Å². The van der Waals surface area contributed by atoms with Gasteiger partial charge >= 0.3 is 0 Å². The molecule has 1 N–H and O–H groups in total. The van der Waals surface area contributed by atoms with Gasteiger partial charge in [0.1, 0.15) is 0 Å². The predicted molar refractivity (Wildman–Crippen MR) is 107 cm³/mol. The number of benzene rings is 3. The maximum Gasteiger partial charge on any atom is 0.225 e. The van der Waals surface area contributed by atoms with Crippen LogP contribution in [0.5, 0.6) is 0 Å². The Labute approximate surface area is 155 Å². The molecule has 0 fully saturated rings. The lowest BCUT2D eigenvalue weighted by Crippen LogP contribution is -2.31. The van der Waals surface area contributed by atoms with Gasteiger partial charge < -0.3 is 5.32 Å². The van der Waals surface area contributed by atoms with E-state index in [9.17, 15) is 4.79 Å². The van der Waals surface area contributed by atoms with Gasteiger partial charge in [0.25, 0.3) is 0 Å². The third-order valence-electron chi connectivity index (χ3n) is 4.73. The molecule has 1 atom stereocenters. The lowest BCUT2D eigenvalue weighted by atomic mass is 9.94. The lowest BCUT2D eigenvalue weighted by molar-refractivity contribution is -0.120. The fourth-order valence-corrected chi connectivity index (χ4v) is 3.19. The zero-order valence-electron chi connectivity index (χ0n) is 15.4. The highest BCUT2D eigenvalue weighted by Gasteiger charge is 2.18. The average Bonchev–Trinajstić information content (AvgIpc) is 2.68. The summed E-state index contributed by atoms with van der Waals surface area (Å²) in [5.41, 5.74) is 5.73. The van der Waals surface area contributed by atoms with E-state index in [2.05, 4.69) is 55.6 Å². The first-order chi connectivity index (χ1) is 12.7. The smallest absolute Gasteiger partial charge is 0.225 e. The first kappa shape index (κ1) is 17.9. The predicted octanol–water partition coefficient (Wildman–Crippen LogP) is 5.01. The van der Waals surface area contributed by atoms with Gasteiger partial charge in [0.05, 0.1) is 12.5 Å². The Morgan fingerprint density at radius 3 is 2.12 bits per heavy atom. The number of nitrogens with one attached hydrogen (secondary N) is 1. The van der Waals surface area contributed by atoms with E-state index in [0.717, 1.165) is 23.1 Å². The lowest BCUT2D eigenvalue weighted by Gasteiger charge is -2.22. The zero-order valence-corrected chi connectivity index (χ0v) is 15.4. The number of hydrogen-bond acceptors (Lipinski definition) is 1. The van der Waals surface area contributed by atoms with Gasteiger partial charge in [0, 0.05) is 0 Å². The van der Waals surface area contributed by atoms with Crippen LogP contribution < -0.4 is 5.32 Å². The summed E-state index contributed by atoms with van der Waals surface area (Å²) in [4.78, 5) is 12.7. The molecule has 26 heavy (non-hydrogen) atoms. The van der Waals surface area contributed by atoms with Crippen molar-refractivity contribution >= 4 is 5.91 Å². The third kappa shape index (κ3) is 4.40. The zero-order chi connectivity index (χ0) is 18.4. The van der Waals surface area contributed by atoms with Crippen molar-refractivity contribution in [1.82, 2.24) is 5.32 Å². The number of rotatable bonds is 6. The van der Waals surface area contributed by atoms with Gasteiger partial charge in [-0.05, 0) is 41.2 Å². The van der Waals surface area contributed by atoms with Crippen molar-refractivity contribution in [3.63, 3.8) is 0 Å². The molecule has 1 amide bonds. The van der Waals surface area contributed by atoms with E-state index in [0.29, 0.717) is 6.42 Å². The molecular formula is C24H25NO. The Morgan fingerprint density at radius 2 is 1.46 bits per heavy atom. The van der Waals surface area contributed by atoms with Crippen LogP contribution in [0, 0.1) is 6.92 Å². The fourth-order valence-electron chi connectivity index (χ4n) is 3.19. The summed E-state index contributed by atoms with van der Waals surface area (Å²) >= 11 is 0. The molecule has 132 valence electrons. The Bertz CT molecular complexity index is 853. The molecule has 2 nitrogen and oxygen atoms in total. The van der Waals surface area contributed by atoms with E-state index < -0.39 is 0 Å². The van der Waals surface area contributed by atoms with Crippen molar-refractivity contribution in [2.75, 3.05) is 0 Å². The summed E-state index contributed by atoms with van der Waals surface area (Å²) in [6.45, 7) is 4.22. The molecule has 0 aliphatic rings. The van der Waals surface area contributed by atoms with Crippen LogP contribution in [0.15, 0.2) is 78.9 Å². The van der Waals surface area contributed by atoms with Crippen molar-refractivity contribution in [3.8, 4) is 0 Å². The summed E-state index contributed by atoms with van der Waals surface area (Å²) in [5, 5.41) is 3.23. The summed E-state index contributed by atoms with van der Waals surface area (Å²) in [5.74, 6) is 0.0337. The molecule has 0 radical (unpaired) electrons. The molecule has 0 heterocycles. The summed E-state index contributed by atoms with van der Waals surface area (Å²) in [6, 6.07) is 26.5. The van der Waals surface area contributed by atoms with Crippen molar-refractivity contribution in [2.24, 2.45) is 0 Å². The van der Waals surface area contributed by atoms with Gasteiger partial charge in [-0.15, -0.1) is 0 Å². The molecule has 3 aromatic carbocycles.